The highest BCUT2D eigenvalue weighted by atomic mass is 35.5. The molecule has 1 fully saturated rings. The van der Waals surface area contributed by atoms with Crippen LogP contribution in [0.15, 0.2) is 48.7 Å². The van der Waals surface area contributed by atoms with Crippen molar-refractivity contribution in [1.29, 1.82) is 0 Å². The molecule has 0 radical (unpaired) electrons. The molecule has 2 amide bonds. The molecule has 2 N–H and O–H groups in total. The van der Waals surface area contributed by atoms with Gasteiger partial charge in [-0.15, -0.1) is 11.3 Å². The van der Waals surface area contributed by atoms with E-state index in [-0.39, 0.29) is 17.9 Å². The molecule has 0 aliphatic heterocycles. The first-order chi connectivity index (χ1) is 20.2. The third-order valence-electron chi connectivity index (χ3n) is 8.36. The summed E-state index contributed by atoms with van der Waals surface area (Å²) in [5.74, 6) is 0.409. The van der Waals surface area contributed by atoms with Crippen molar-refractivity contribution in [3.8, 4) is 16.9 Å². The standard InChI is InChI=1S/C33H37ClN4O3S/c1-19-6-7-20(2)30-28(19)29(34)31(42-30)33(40)38(25-11-9-24(35-3)10-12-25)18-23-16-21(8-13-27(23)41-5)22-14-15-37-26(17-22)32(39)36-4/h6-8,13-17,24-25,35H,9-12,18H2,1-5H3,(H,36,39)/t24-,25+. The van der Waals surface area contributed by atoms with Crippen molar-refractivity contribution in [2.24, 2.45) is 0 Å². The summed E-state index contributed by atoms with van der Waals surface area (Å²) in [6.07, 6.45) is 5.44. The predicted molar refractivity (Wildman–Crippen MR) is 171 cm³/mol. The van der Waals surface area contributed by atoms with Crippen molar-refractivity contribution >= 4 is 44.8 Å². The van der Waals surface area contributed by atoms with Gasteiger partial charge in [-0.25, -0.2) is 0 Å². The van der Waals surface area contributed by atoms with Crippen molar-refractivity contribution in [2.45, 2.75) is 58.2 Å². The van der Waals surface area contributed by atoms with Gasteiger partial charge >= 0.3 is 0 Å². The number of carbonyl (C=O) groups excluding carboxylic acids is 2. The molecule has 0 atom stereocenters. The van der Waals surface area contributed by atoms with Crippen LogP contribution in [0.2, 0.25) is 5.02 Å². The molecular weight excluding hydrogens is 568 g/mol. The Morgan fingerprint density at radius 3 is 2.40 bits per heavy atom. The van der Waals surface area contributed by atoms with Gasteiger partial charge < -0.3 is 20.3 Å². The van der Waals surface area contributed by atoms with Gasteiger partial charge in [0.05, 0.1) is 12.1 Å². The van der Waals surface area contributed by atoms with Crippen LogP contribution in [0, 0.1) is 13.8 Å². The first kappa shape index (κ1) is 30.0. The molecule has 1 saturated carbocycles. The zero-order valence-electron chi connectivity index (χ0n) is 24.7. The summed E-state index contributed by atoms with van der Waals surface area (Å²) in [7, 11) is 5.23. The van der Waals surface area contributed by atoms with Crippen LogP contribution in [0.5, 0.6) is 5.75 Å². The van der Waals surface area contributed by atoms with E-state index in [1.807, 2.05) is 43.1 Å². The number of nitrogens with zero attached hydrogens (tertiary/aromatic N) is 2. The van der Waals surface area contributed by atoms with Crippen LogP contribution in [0.4, 0.5) is 0 Å². The molecule has 5 rings (SSSR count). The monoisotopic (exact) mass is 604 g/mol. The van der Waals surface area contributed by atoms with E-state index < -0.39 is 0 Å². The van der Waals surface area contributed by atoms with E-state index in [1.54, 1.807) is 26.4 Å². The van der Waals surface area contributed by atoms with Gasteiger partial charge in [-0.05, 0) is 93.1 Å². The third-order valence-corrected chi connectivity index (χ3v) is 10.2. The predicted octanol–water partition coefficient (Wildman–Crippen LogP) is 6.77. The highest BCUT2D eigenvalue weighted by molar-refractivity contribution is 7.21. The molecule has 1 aliphatic rings. The van der Waals surface area contributed by atoms with Gasteiger partial charge in [0.25, 0.3) is 11.8 Å². The van der Waals surface area contributed by atoms with Gasteiger partial charge in [0, 0.05) is 47.5 Å². The van der Waals surface area contributed by atoms with Crippen molar-refractivity contribution < 1.29 is 14.3 Å². The van der Waals surface area contributed by atoms with Crippen LogP contribution >= 0.6 is 22.9 Å². The number of nitrogens with one attached hydrogen (secondary N) is 2. The second-order valence-corrected chi connectivity index (χ2v) is 12.3. The summed E-state index contributed by atoms with van der Waals surface area (Å²) in [5, 5.41) is 7.53. The average Bonchev–Trinajstić information content (AvgIpc) is 3.39. The second kappa shape index (κ2) is 12.8. The maximum Gasteiger partial charge on any atom is 0.269 e. The molecule has 0 bridgehead atoms. The number of halogens is 1. The lowest BCUT2D eigenvalue weighted by Gasteiger charge is -2.37. The number of ether oxygens (including phenoxy) is 1. The molecule has 9 heteroatoms. The van der Waals surface area contributed by atoms with E-state index in [9.17, 15) is 9.59 Å². The van der Waals surface area contributed by atoms with Gasteiger partial charge in [-0.1, -0.05) is 29.8 Å². The van der Waals surface area contributed by atoms with Crippen molar-refractivity contribution in [3.63, 3.8) is 0 Å². The maximum atomic E-state index is 14.5. The first-order valence-corrected chi connectivity index (χ1v) is 15.5. The molecule has 2 aromatic heterocycles. The minimum atomic E-state index is -0.245. The number of methoxy groups -OCH3 is 1. The minimum absolute atomic E-state index is 0.0498. The molecular formula is C33H37ClN4O3S. The molecule has 1 aliphatic carbocycles. The Balaban J connectivity index is 1.56. The number of fused-ring (bicyclic) bond motifs is 1. The van der Waals surface area contributed by atoms with Gasteiger partial charge in [0.1, 0.15) is 16.3 Å². The van der Waals surface area contributed by atoms with Crippen LogP contribution in [0.25, 0.3) is 21.2 Å². The fraction of sp³-hybridized carbons (Fsp3) is 0.364. The van der Waals surface area contributed by atoms with Crippen molar-refractivity contribution in [1.82, 2.24) is 20.5 Å². The van der Waals surface area contributed by atoms with E-state index in [1.165, 1.54) is 11.3 Å². The Morgan fingerprint density at radius 2 is 1.74 bits per heavy atom. The van der Waals surface area contributed by atoms with E-state index in [2.05, 4.69) is 34.7 Å². The number of hydrogen-bond acceptors (Lipinski definition) is 6. The van der Waals surface area contributed by atoms with E-state index in [0.29, 0.717) is 33.9 Å². The summed E-state index contributed by atoms with van der Waals surface area (Å²) < 4.78 is 6.84. The molecule has 2 aromatic carbocycles. The number of benzene rings is 2. The molecule has 7 nitrogen and oxygen atoms in total. The van der Waals surface area contributed by atoms with Crippen molar-refractivity contribution in [3.05, 3.63) is 80.9 Å². The molecule has 0 spiro atoms. The Kier molecular flexibility index (Phi) is 9.16. The largest absolute Gasteiger partial charge is 0.496 e. The van der Waals surface area contributed by atoms with Crippen LogP contribution in [-0.4, -0.2) is 55.0 Å². The van der Waals surface area contributed by atoms with Gasteiger partial charge in [0.2, 0.25) is 0 Å². The van der Waals surface area contributed by atoms with Gasteiger partial charge in [-0.2, -0.15) is 0 Å². The highest BCUT2D eigenvalue weighted by Crippen LogP contribution is 2.41. The quantitative estimate of drug-likeness (QED) is 0.232. The molecule has 220 valence electrons. The Hall–Kier alpha value is -3.46. The minimum Gasteiger partial charge on any atom is -0.496 e. The lowest BCUT2D eigenvalue weighted by Crippen LogP contribution is -2.44. The zero-order valence-corrected chi connectivity index (χ0v) is 26.3. The second-order valence-electron chi connectivity index (χ2n) is 10.9. The topological polar surface area (TPSA) is 83.6 Å². The Bertz CT molecular complexity index is 1630. The van der Waals surface area contributed by atoms with Crippen LogP contribution < -0.4 is 15.4 Å². The summed E-state index contributed by atoms with van der Waals surface area (Å²) in [6.45, 7) is 4.47. The lowest BCUT2D eigenvalue weighted by atomic mass is 9.89. The fourth-order valence-corrected chi connectivity index (χ4v) is 7.58. The SMILES string of the molecule is CNC(=O)c1cc(-c2ccc(OC)c(CN(C(=O)c3sc4c(C)ccc(C)c4c3Cl)[C@H]3CC[C@@H](NC)CC3)c2)ccn1. The smallest absolute Gasteiger partial charge is 0.269 e. The number of hydrogen-bond donors (Lipinski definition) is 2. The number of rotatable bonds is 8. The number of aromatic nitrogens is 1. The number of aryl methyl sites for hydroxylation is 2. The lowest BCUT2D eigenvalue weighted by molar-refractivity contribution is 0.0604. The maximum absolute atomic E-state index is 14.5. The number of pyridine rings is 1. The van der Waals surface area contributed by atoms with Crippen LogP contribution in [-0.2, 0) is 6.54 Å². The summed E-state index contributed by atoms with van der Waals surface area (Å²) in [5.41, 5.74) is 5.19. The van der Waals surface area contributed by atoms with Crippen LogP contribution in [0.3, 0.4) is 0 Å². The fourth-order valence-electron chi connectivity index (χ4n) is 5.89. The first-order valence-electron chi connectivity index (χ1n) is 14.3. The summed E-state index contributed by atoms with van der Waals surface area (Å²) in [4.78, 5) is 33.5. The Labute approximate surface area is 256 Å². The molecule has 0 unspecified atom stereocenters. The van der Waals surface area contributed by atoms with Crippen LogP contribution in [0.1, 0.15) is 62.5 Å². The molecule has 2 heterocycles. The van der Waals surface area contributed by atoms with E-state index in [0.717, 1.165) is 63.6 Å². The van der Waals surface area contributed by atoms with Crippen molar-refractivity contribution in [2.75, 3.05) is 21.2 Å². The summed E-state index contributed by atoms with van der Waals surface area (Å²) >= 11 is 8.45. The zero-order chi connectivity index (χ0) is 30.0. The highest BCUT2D eigenvalue weighted by Gasteiger charge is 2.32. The third kappa shape index (κ3) is 5.89. The number of amides is 2. The van der Waals surface area contributed by atoms with Gasteiger partial charge in [-0.3, -0.25) is 14.6 Å². The summed E-state index contributed by atoms with van der Waals surface area (Å²) in [6, 6.07) is 14.2. The average molecular weight is 605 g/mol. The van der Waals surface area contributed by atoms with E-state index >= 15 is 0 Å². The number of carbonyl (C=O) groups is 2. The molecule has 42 heavy (non-hydrogen) atoms. The van der Waals surface area contributed by atoms with E-state index in [4.69, 9.17) is 16.3 Å². The molecule has 0 saturated heterocycles. The molecule has 4 aromatic rings. The number of thiophene rings is 1. The normalized spacial score (nSPS) is 16.8. The Morgan fingerprint density at radius 1 is 1.02 bits per heavy atom. The van der Waals surface area contributed by atoms with Gasteiger partial charge in [0.15, 0.2) is 0 Å².